The number of benzene rings is 1. The first-order valence-electron chi connectivity index (χ1n) is 7.19. The topological polar surface area (TPSA) is 60.8 Å². The predicted octanol–water partition coefficient (Wildman–Crippen LogP) is 2.98. The van der Waals surface area contributed by atoms with Gasteiger partial charge in [0.2, 0.25) is 0 Å². The van der Waals surface area contributed by atoms with E-state index in [9.17, 15) is 15.0 Å². The first kappa shape index (κ1) is 16.3. The predicted molar refractivity (Wildman–Crippen MR) is 82.9 cm³/mol. The molecule has 0 spiro atoms. The van der Waals surface area contributed by atoms with Gasteiger partial charge < -0.3 is 10.2 Å². The lowest BCUT2D eigenvalue weighted by Crippen LogP contribution is -2.45. The molecule has 116 valence electrons. The molecule has 0 saturated carbocycles. The Balaban J connectivity index is 2.29. The fourth-order valence-electron chi connectivity index (χ4n) is 3.08. The molecule has 1 unspecified atom stereocenters. The molecule has 0 amide bonds. The lowest BCUT2D eigenvalue weighted by atomic mass is 9.96. The summed E-state index contributed by atoms with van der Waals surface area (Å²) in [5, 5.41) is 20.9. The third kappa shape index (κ3) is 3.57. The van der Waals surface area contributed by atoms with E-state index < -0.39 is 5.60 Å². The number of ketones is 1. The van der Waals surface area contributed by atoms with E-state index in [0.717, 1.165) is 19.4 Å². The maximum atomic E-state index is 11.6. The number of hydrogen-bond acceptors (Lipinski definition) is 4. The summed E-state index contributed by atoms with van der Waals surface area (Å²) in [7, 11) is 0. The quantitative estimate of drug-likeness (QED) is 0.839. The first-order valence-corrected chi connectivity index (χ1v) is 7.56. The van der Waals surface area contributed by atoms with Crippen LogP contribution in [0.1, 0.15) is 49.5 Å². The Morgan fingerprint density at radius 3 is 2.71 bits per heavy atom. The van der Waals surface area contributed by atoms with Crippen LogP contribution in [0.3, 0.4) is 0 Å². The highest BCUT2D eigenvalue weighted by Gasteiger charge is 2.36. The van der Waals surface area contributed by atoms with Gasteiger partial charge >= 0.3 is 0 Å². The highest BCUT2D eigenvalue weighted by Crippen LogP contribution is 2.33. The number of rotatable bonds is 4. The summed E-state index contributed by atoms with van der Waals surface area (Å²) < 4.78 is 0. The Labute approximate surface area is 130 Å². The van der Waals surface area contributed by atoms with Crippen LogP contribution in [0.4, 0.5) is 0 Å². The minimum absolute atomic E-state index is 0.00621. The zero-order chi connectivity index (χ0) is 15.8. The van der Waals surface area contributed by atoms with Gasteiger partial charge in [0, 0.05) is 23.2 Å². The Morgan fingerprint density at radius 1 is 1.48 bits per heavy atom. The largest absolute Gasteiger partial charge is 0.507 e. The van der Waals surface area contributed by atoms with Crippen molar-refractivity contribution in [2.75, 3.05) is 6.54 Å². The highest BCUT2D eigenvalue weighted by atomic mass is 35.5. The van der Waals surface area contributed by atoms with Crippen molar-refractivity contribution in [2.24, 2.45) is 0 Å². The van der Waals surface area contributed by atoms with Gasteiger partial charge in [-0.3, -0.25) is 9.69 Å². The van der Waals surface area contributed by atoms with Gasteiger partial charge in [-0.1, -0.05) is 11.6 Å². The molecule has 1 fully saturated rings. The lowest BCUT2D eigenvalue weighted by Gasteiger charge is -2.34. The monoisotopic (exact) mass is 311 g/mol. The molecule has 1 saturated heterocycles. The number of nitrogens with zero attached hydrogens (tertiary/aromatic N) is 1. The van der Waals surface area contributed by atoms with Gasteiger partial charge in [0.25, 0.3) is 0 Å². The summed E-state index contributed by atoms with van der Waals surface area (Å²) in [6.07, 6.45) is 1.93. The second-order valence-electron chi connectivity index (χ2n) is 6.30. The van der Waals surface area contributed by atoms with Gasteiger partial charge in [0.15, 0.2) is 5.78 Å². The van der Waals surface area contributed by atoms with Crippen LogP contribution in [-0.4, -0.2) is 39.1 Å². The van der Waals surface area contributed by atoms with E-state index in [4.69, 9.17) is 11.6 Å². The number of hydrogen-bond donors (Lipinski definition) is 2. The van der Waals surface area contributed by atoms with Crippen molar-refractivity contribution in [2.45, 2.75) is 51.8 Å². The van der Waals surface area contributed by atoms with Crippen LogP contribution in [0.15, 0.2) is 12.1 Å². The third-order valence-electron chi connectivity index (χ3n) is 4.09. The molecular formula is C16H22ClNO3. The molecule has 1 aromatic rings. The van der Waals surface area contributed by atoms with Gasteiger partial charge in [0.05, 0.1) is 11.2 Å². The van der Waals surface area contributed by atoms with Crippen molar-refractivity contribution in [3.63, 3.8) is 0 Å². The number of likely N-dealkylation sites (tertiary alicyclic amines) is 1. The van der Waals surface area contributed by atoms with Crippen molar-refractivity contribution < 1.29 is 15.0 Å². The van der Waals surface area contributed by atoms with Gasteiger partial charge in [-0.05, 0) is 52.3 Å². The molecule has 21 heavy (non-hydrogen) atoms. The lowest BCUT2D eigenvalue weighted by molar-refractivity contribution is -0.00522. The van der Waals surface area contributed by atoms with Crippen molar-refractivity contribution in [1.82, 2.24) is 4.90 Å². The van der Waals surface area contributed by atoms with Crippen molar-refractivity contribution in [3.8, 4) is 5.75 Å². The molecule has 0 aromatic heterocycles. The van der Waals surface area contributed by atoms with E-state index in [1.54, 1.807) is 19.9 Å². The standard InChI is InChI=1S/C16H22ClNO3/c1-10(19)13-8-12(17)7-11(15(13)20)9-18-6-4-5-14(18)16(2,3)21/h7-8,14,20-21H,4-6,9H2,1-3H3. The van der Waals surface area contributed by atoms with Crippen LogP contribution < -0.4 is 0 Å². The van der Waals surface area contributed by atoms with Gasteiger partial charge in [-0.25, -0.2) is 0 Å². The zero-order valence-corrected chi connectivity index (χ0v) is 13.4. The molecule has 1 aliphatic heterocycles. The summed E-state index contributed by atoms with van der Waals surface area (Å²) in [6, 6.07) is 3.21. The number of aliphatic hydroxyl groups is 1. The number of phenolic OH excluding ortho intramolecular Hbond substituents is 1. The molecule has 1 heterocycles. The van der Waals surface area contributed by atoms with Crippen LogP contribution in [0, 0.1) is 0 Å². The minimum atomic E-state index is -0.798. The smallest absolute Gasteiger partial charge is 0.163 e. The molecule has 1 atom stereocenters. The van der Waals surface area contributed by atoms with E-state index in [1.807, 2.05) is 0 Å². The summed E-state index contributed by atoms with van der Waals surface area (Å²) >= 11 is 6.05. The summed E-state index contributed by atoms with van der Waals surface area (Å²) in [5.41, 5.74) is 0.0778. The number of carbonyl (C=O) groups is 1. The van der Waals surface area contributed by atoms with Crippen LogP contribution in [0.2, 0.25) is 5.02 Å². The van der Waals surface area contributed by atoms with Crippen molar-refractivity contribution in [3.05, 3.63) is 28.3 Å². The first-order chi connectivity index (χ1) is 9.70. The molecule has 1 aromatic carbocycles. The molecule has 5 heteroatoms. The average Bonchev–Trinajstić information content (AvgIpc) is 2.81. The van der Waals surface area contributed by atoms with Crippen LogP contribution in [-0.2, 0) is 6.54 Å². The number of phenols is 1. The number of Topliss-reactive ketones (excluding diaryl/α,β-unsaturated/α-hetero) is 1. The molecule has 0 aliphatic carbocycles. The van der Waals surface area contributed by atoms with Crippen molar-refractivity contribution in [1.29, 1.82) is 0 Å². The fraction of sp³-hybridized carbons (Fsp3) is 0.562. The zero-order valence-electron chi connectivity index (χ0n) is 12.7. The van der Waals surface area contributed by atoms with Crippen LogP contribution >= 0.6 is 11.6 Å². The number of carbonyl (C=O) groups excluding carboxylic acids is 1. The normalized spacial score (nSPS) is 20.0. The molecule has 2 rings (SSSR count). The summed E-state index contributed by atoms with van der Waals surface area (Å²) in [6.45, 7) is 6.34. The van der Waals surface area contributed by atoms with Crippen LogP contribution in [0.5, 0.6) is 5.75 Å². The second-order valence-corrected chi connectivity index (χ2v) is 6.74. The van der Waals surface area contributed by atoms with Crippen molar-refractivity contribution >= 4 is 17.4 Å². The van der Waals surface area contributed by atoms with E-state index in [1.165, 1.54) is 13.0 Å². The minimum Gasteiger partial charge on any atom is -0.507 e. The number of aromatic hydroxyl groups is 1. The maximum Gasteiger partial charge on any atom is 0.163 e. The molecular weight excluding hydrogens is 290 g/mol. The van der Waals surface area contributed by atoms with Crippen LogP contribution in [0.25, 0.3) is 0 Å². The van der Waals surface area contributed by atoms with Gasteiger partial charge in [0.1, 0.15) is 5.75 Å². The fourth-order valence-corrected chi connectivity index (χ4v) is 3.32. The van der Waals surface area contributed by atoms with E-state index in [-0.39, 0.29) is 23.1 Å². The van der Waals surface area contributed by atoms with Gasteiger partial charge in [-0.15, -0.1) is 0 Å². The highest BCUT2D eigenvalue weighted by molar-refractivity contribution is 6.31. The Hall–Kier alpha value is -1.10. The molecule has 4 nitrogen and oxygen atoms in total. The molecule has 2 N–H and O–H groups in total. The van der Waals surface area contributed by atoms with Gasteiger partial charge in [-0.2, -0.15) is 0 Å². The maximum absolute atomic E-state index is 11.6. The summed E-state index contributed by atoms with van der Waals surface area (Å²) in [4.78, 5) is 13.7. The number of halogens is 1. The average molecular weight is 312 g/mol. The Morgan fingerprint density at radius 2 is 2.14 bits per heavy atom. The van der Waals surface area contributed by atoms with E-state index in [2.05, 4.69) is 4.90 Å². The molecule has 0 radical (unpaired) electrons. The SMILES string of the molecule is CC(=O)c1cc(Cl)cc(CN2CCCC2C(C)(C)O)c1O. The Bertz CT molecular complexity index is 551. The molecule has 0 bridgehead atoms. The van der Waals surface area contributed by atoms with E-state index >= 15 is 0 Å². The third-order valence-corrected chi connectivity index (χ3v) is 4.30. The Kier molecular flexibility index (Phi) is 4.61. The molecule has 1 aliphatic rings. The summed E-state index contributed by atoms with van der Waals surface area (Å²) in [5.74, 6) is -0.218. The van der Waals surface area contributed by atoms with E-state index in [0.29, 0.717) is 17.1 Å². The second kappa shape index (κ2) is 5.95.